The molecule has 3 aliphatic rings. The second-order valence-electron chi connectivity index (χ2n) is 7.18. The number of anilines is 1. The summed E-state index contributed by atoms with van der Waals surface area (Å²) < 4.78 is 9.24. The van der Waals surface area contributed by atoms with Crippen LogP contribution in [0.15, 0.2) is 10.5 Å². The van der Waals surface area contributed by atoms with Crippen molar-refractivity contribution in [2.75, 3.05) is 44.3 Å². The number of hydrogen-bond acceptors (Lipinski definition) is 13. The number of carbonyl (C=O) groups excluding carboxylic acids is 3. The number of nitrogens with one attached hydrogen (secondary N) is 1. The van der Waals surface area contributed by atoms with E-state index in [-0.39, 0.29) is 77.2 Å². The summed E-state index contributed by atoms with van der Waals surface area (Å²) >= 11 is 3.62. The molecule has 0 aromatic carbocycles. The van der Waals surface area contributed by atoms with Crippen molar-refractivity contribution in [2.45, 2.75) is 22.3 Å². The fraction of sp³-hybridized carbons (Fsp3) is 0.588. The van der Waals surface area contributed by atoms with E-state index in [1.807, 2.05) is 0 Å². The number of carboxylic acids is 1. The minimum Gasteiger partial charge on any atom is -0.549 e. The number of nitrogens with two attached hydrogens (primary N) is 1. The van der Waals surface area contributed by atoms with Gasteiger partial charge in [0.25, 0.3) is 5.91 Å². The molecule has 0 spiro atoms. The van der Waals surface area contributed by atoms with E-state index in [1.54, 1.807) is 5.38 Å². The number of hydrogen-bond donors (Lipinski definition) is 2. The van der Waals surface area contributed by atoms with Crippen LogP contribution in [-0.4, -0.2) is 94.2 Å². The molecule has 3 fully saturated rings. The SMILES string of the molecule is CON=C(C(=O)NC1C(=O)N2CC(SCC3COCO3)(C(=O)[O-])CS[C@H]12)c1csc(N)n1.[Na+]. The predicted octanol–water partition coefficient (Wildman–Crippen LogP) is -4.93. The van der Waals surface area contributed by atoms with E-state index in [0.29, 0.717) is 12.4 Å². The maximum absolute atomic E-state index is 12.7. The van der Waals surface area contributed by atoms with E-state index in [0.717, 1.165) is 11.3 Å². The van der Waals surface area contributed by atoms with E-state index in [1.165, 1.54) is 35.5 Å². The number of β-lactam (4-membered cyclic amide) rings is 1. The van der Waals surface area contributed by atoms with E-state index >= 15 is 0 Å². The standard InChI is InChI=1S/C17H21N5O7S3.Na/c1-27-21-10(9-4-30-16(18)19-9)12(23)20-11-13(24)22-5-17(15(25)26,6-31-14(11)22)32-3-8-2-28-7-29-8;/h4,8,11,14H,2-3,5-7H2,1H3,(H2,18,19)(H,20,23)(H,25,26);/q;+1/p-1/t8?,11?,14-,17?;/m1./s1. The molecular formula is C17H20N5NaO7S3. The zero-order chi connectivity index (χ0) is 22.9. The summed E-state index contributed by atoms with van der Waals surface area (Å²) in [5.74, 6) is -1.62. The predicted molar refractivity (Wildman–Crippen MR) is 116 cm³/mol. The molecule has 3 aliphatic heterocycles. The molecule has 1 aromatic rings. The summed E-state index contributed by atoms with van der Waals surface area (Å²) in [5.41, 5.74) is 5.75. The Morgan fingerprint density at radius 3 is 2.94 bits per heavy atom. The molecule has 3 unspecified atom stereocenters. The van der Waals surface area contributed by atoms with Crippen molar-refractivity contribution in [1.29, 1.82) is 0 Å². The minimum absolute atomic E-state index is 0. The number of fused-ring (bicyclic) bond motifs is 1. The fourth-order valence-corrected chi connectivity index (χ4v) is 6.96. The second kappa shape index (κ2) is 11.1. The average molecular weight is 526 g/mol. The van der Waals surface area contributed by atoms with Gasteiger partial charge in [-0.05, 0) is 0 Å². The maximum Gasteiger partial charge on any atom is 1.00 e. The van der Waals surface area contributed by atoms with Gasteiger partial charge in [0, 0.05) is 23.4 Å². The fourth-order valence-electron chi connectivity index (χ4n) is 3.44. The van der Waals surface area contributed by atoms with Crippen LogP contribution in [0.25, 0.3) is 0 Å². The van der Waals surface area contributed by atoms with Crippen LogP contribution in [0.2, 0.25) is 0 Å². The van der Waals surface area contributed by atoms with E-state index in [2.05, 4.69) is 15.5 Å². The van der Waals surface area contributed by atoms with Gasteiger partial charge in [-0.15, -0.1) is 34.9 Å². The van der Waals surface area contributed by atoms with Crippen molar-refractivity contribution >= 4 is 63.5 Å². The van der Waals surface area contributed by atoms with Crippen molar-refractivity contribution < 1.29 is 63.4 Å². The van der Waals surface area contributed by atoms with Gasteiger partial charge in [-0.3, -0.25) is 9.59 Å². The number of oxime groups is 1. The van der Waals surface area contributed by atoms with Gasteiger partial charge in [-0.25, -0.2) is 4.98 Å². The molecule has 12 nitrogen and oxygen atoms in total. The topological polar surface area (TPSA) is 168 Å². The van der Waals surface area contributed by atoms with Crippen molar-refractivity contribution in [1.82, 2.24) is 15.2 Å². The monoisotopic (exact) mass is 525 g/mol. The number of ether oxygens (including phenoxy) is 2. The third kappa shape index (κ3) is 5.45. The number of thioether (sulfide) groups is 2. The Labute approximate surface area is 223 Å². The van der Waals surface area contributed by atoms with Gasteiger partial charge in [0.1, 0.15) is 31.0 Å². The van der Waals surface area contributed by atoms with Crippen molar-refractivity contribution in [3.63, 3.8) is 0 Å². The summed E-state index contributed by atoms with van der Waals surface area (Å²) in [7, 11) is 1.29. The summed E-state index contributed by atoms with van der Waals surface area (Å²) in [4.78, 5) is 47.7. The first-order valence-electron chi connectivity index (χ1n) is 9.45. The van der Waals surface area contributed by atoms with Gasteiger partial charge in [-0.1, -0.05) is 5.16 Å². The third-order valence-corrected chi connectivity index (χ3v) is 9.03. The van der Waals surface area contributed by atoms with Gasteiger partial charge < -0.3 is 40.2 Å². The van der Waals surface area contributed by atoms with Gasteiger partial charge in [0.15, 0.2) is 10.8 Å². The third-order valence-electron chi connectivity index (χ3n) is 5.11. The largest absolute Gasteiger partial charge is 1.00 e. The van der Waals surface area contributed by atoms with Crippen LogP contribution >= 0.6 is 34.9 Å². The number of carbonyl (C=O) groups is 3. The Kier molecular flexibility index (Phi) is 8.94. The molecule has 0 saturated carbocycles. The number of aliphatic carboxylic acids is 1. The molecule has 174 valence electrons. The Morgan fingerprint density at radius 1 is 1.55 bits per heavy atom. The van der Waals surface area contributed by atoms with Crippen molar-refractivity contribution in [2.24, 2.45) is 5.16 Å². The number of carboxylic acid groups (broad SMARTS) is 1. The second-order valence-corrected chi connectivity index (χ2v) is 10.6. The van der Waals surface area contributed by atoms with Crippen molar-refractivity contribution in [3.05, 3.63) is 11.1 Å². The molecule has 0 bridgehead atoms. The molecule has 0 aliphatic carbocycles. The quantitative estimate of drug-likeness (QED) is 0.144. The zero-order valence-corrected chi connectivity index (χ0v) is 22.3. The number of amides is 2. The zero-order valence-electron chi connectivity index (χ0n) is 17.8. The van der Waals surface area contributed by atoms with Crippen LogP contribution in [-0.2, 0) is 28.7 Å². The number of nitrogen functional groups attached to an aromatic ring is 1. The first kappa shape index (κ1) is 26.5. The van der Waals surface area contributed by atoms with Crippen LogP contribution in [0.1, 0.15) is 5.69 Å². The molecule has 4 atom stereocenters. The summed E-state index contributed by atoms with van der Waals surface area (Å²) in [6, 6.07) is -0.818. The molecule has 4 heterocycles. The van der Waals surface area contributed by atoms with E-state index in [9.17, 15) is 19.5 Å². The van der Waals surface area contributed by atoms with Crippen LogP contribution in [0.4, 0.5) is 5.13 Å². The first-order chi connectivity index (χ1) is 15.3. The van der Waals surface area contributed by atoms with E-state index in [4.69, 9.17) is 20.0 Å². The summed E-state index contributed by atoms with van der Waals surface area (Å²) in [6.45, 7) is 0.574. The minimum atomic E-state index is -1.27. The summed E-state index contributed by atoms with van der Waals surface area (Å²) in [6.07, 6.45) is -0.198. The molecule has 2 amide bonds. The molecule has 0 radical (unpaired) electrons. The first-order valence-corrected chi connectivity index (χ1v) is 12.4. The number of aromatic nitrogens is 1. The normalized spacial score (nSPS) is 29.0. The maximum atomic E-state index is 12.7. The number of rotatable bonds is 8. The van der Waals surface area contributed by atoms with Crippen LogP contribution in [0.5, 0.6) is 0 Å². The van der Waals surface area contributed by atoms with Gasteiger partial charge in [-0.2, -0.15) is 0 Å². The number of nitrogens with zero attached hydrogens (tertiary/aromatic N) is 3. The molecule has 1 aromatic heterocycles. The Hall–Kier alpha value is -1.07. The van der Waals surface area contributed by atoms with Gasteiger partial charge in [0.2, 0.25) is 5.91 Å². The number of thiazole rings is 1. The van der Waals surface area contributed by atoms with E-state index < -0.39 is 28.0 Å². The Bertz CT molecular complexity index is 944. The Balaban J connectivity index is 0.00000306. The van der Waals surface area contributed by atoms with Gasteiger partial charge in [0.05, 0.1) is 23.4 Å². The molecule has 16 heteroatoms. The molecule has 3 saturated heterocycles. The van der Waals surface area contributed by atoms with Crippen LogP contribution in [0.3, 0.4) is 0 Å². The average Bonchev–Trinajstić information content (AvgIpc) is 3.45. The summed E-state index contributed by atoms with van der Waals surface area (Å²) in [5, 5.41) is 19.8. The molecule has 3 N–H and O–H groups in total. The molecular weight excluding hydrogens is 505 g/mol. The van der Waals surface area contributed by atoms with Crippen LogP contribution < -0.4 is 45.7 Å². The Morgan fingerprint density at radius 2 is 2.33 bits per heavy atom. The smallest absolute Gasteiger partial charge is 0.549 e. The van der Waals surface area contributed by atoms with Gasteiger partial charge >= 0.3 is 29.6 Å². The molecule has 4 rings (SSSR count). The van der Waals surface area contributed by atoms with Crippen molar-refractivity contribution in [3.8, 4) is 0 Å². The van der Waals surface area contributed by atoms with Crippen LogP contribution in [0, 0.1) is 0 Å². The molecule has 33 heavy (non-hydrogen) atoms.